The van der Waals surface area contributed by atoms with E-state index >= 15 is 0 Å². The number of carbonyl (C=O) groups excluding carboxylic acids is 1. The second-order valence-electron chi connectivity index (χ2n) is 4.21. The minimum atomic E-state index is 0.408. The Hall–Kier alpha value is -2.26. The topological polar surface area (TPSA) is 26.3 Å². The molecule has 0 N–H and O–H groups in total. The molecule has 0 amide bonds. The molecule has 2 rings (SSSR count). The molecule has 0 aliphatic heterocycles. The van der Waals surface area contributed by atoms with Gasteiger partial charge in [0.25, 0.3) is 0 Å². The van der Waals surface area contributed by atoms with Crippen LogP contribution in [0.4, 0.5) is 0 Å². The maximum absolute atomic E-state index is 11.3. The van der Waals surface area contributed by atoms with Crippen molar-refractivity contribution < 1.29 is 9.53 Å². The normalized spacial score (nSPS) is 9.85. The van der Waals surface area contributed by atoms with Crippen molar-refractivity contribution in [1.82, 2.24) is 0 Å². The SMILES string of the molecule is C=Cc1ccc(-c2ccccc2C(=S)OC)c(C=O)c1. The van der Waals surface area contributed by atoms with Gasteiger partial charge in [0, 0.05) is 11.1 Å². The van der Waals surface area contributed by atoms with Gasteiger partial charge in [0.15, 0.2) is 11.3 Å². The minimum Gasteiger partial charge on any atom is -0.486 e. The first kappa shape index (κ1) is 14.2. The number of benzene rings is 2. The monoisotopic (exact) mass is 282 g/mol. The molecule has 0 aliphatic carbocycles. The lowest BCUT2D eigenvalue weighted by Gasteiger charge is -2.12. The molecular formula is C17H14O2S. The lowest BCUT2D eigenvalue weighted by molar-refractivity contribution is 0.112. The second kappa shape index (κ2) is 6.26. The number of carbonyl (C=O) groups is 1. The Bertz CT molecular complexity index is 674. The highest BCUT2D eigenvalue weighted by molar-refractivity contribution is 7.80. The van der Waals surface area contributed by atoms with Gasteiger partial charge in [-0.15, -0.1) is 0 Å². The van der Waals surface area contributed by atoms with E-state index in [1.54, 1.807) is 13.2 Å². The van der Waals surface area contributed by atoms with Crippen LogP contribution in [0.1, 0.15) is 21.5 Å². The van der Waals surface area contributed by atoms with E-state index in [9.17, 15) is 4.79 Å². The van der Waals surface area contributed by atoms with E-state index in [0.717, 1.165) is 28.5 Å². The van der Waals surface area contributed by atoms with Gasteiger partial charge < -0.3 is 4.74 Å². The third-order valence-electron chi connectivity index (χ3n) is 3.06. The van der Waals surface area contributed by atoms with Crippen molar-refractivity contribution in [2.45, 2.75) is 0 Å². The number of hydrogen-bond acceptors (Lipinski definition) is 3. The van der Waals surface area contributed by atoms with Crippen LogP contribution in [0.2, 0.25) is 0 Å². The van der Waals surface area contributed by atoms with E-state index in [0.29, 0.717) is 10.6 Å². The minimum absolute atomic E-state index is 0.408. The number of hydrogen-bond donors (Lipinski definition) is 0. The van der Waals surface area contributed by atoms with Gasteiger partial charge in [-0.25, -0.2) is 0 Å². The highest BCUT2D eigenvalue weighted by atomic mass is 32.1. The molecule has 20 heavy (non-hydrogen) atoms. The first-order valence-electron chi connectivity index (χ1n) is 6.10. The molecule has 0 radical (unpaired) electrons. The van der Waals surface area contributed by atoms with Crippen molar-refractivity contribution in [1.29, 1.82) is 0 Å². The van der Waals surface area contributed by atoms with E-state index in [-0.39, 0.29) is 0 Å². The summed E-state index contributed by atoms with van der Waals surface area (Å²) in [5.41, 5.74) is 4.04. The molecular weight excluding hydrogens is 268 g/mol. The fourth-order valence-corrected chi connectivity index (χ4v) is 2.23. The zero-order valence-corrected chi connectivity index (χ0v) is 11.9. The summed E-state index contributed by atoms with van der Waals surface area (Å²) in [4.78, 5) is 11.3. The Morgan fingerprint density at radius 1 is 1.20 bits per heavy atom. The molecule has 0 unspecified atom stereocenters. The van der Waals surface area contributed by atoms with Gasteiger partial charge in [-0.1, -0.05) is 43.0 Å². The molecule has 2 aromatic carbocycles. The van der Waals surface area contributed by atoms with Crippen molar-refractivity contribution >= 4 is 29.6 Å². The maximum Gasteiger partial charge on any atom is 0.191 e. The molecule has 2 aromatic rings. The summed E-state index contributed by atoms with van der Waals surface area (Å²) >= 11 is 5.21. The molecule has 0 aromatic heterocycles. The Labute approximate surface area is 123 Å². The Balaban J connectivity index is 2.65. The number of thiocarbonyl (C=S) groups is 1. The summed E-state index contributed by atoms with van der Waals surface area (Å²) in [6, 6.07) is 13.2. The van der Waals surface area contributed by atoms with Crippen molar-refractivity contribution in [3.63, 3.8) is 0 Å². The summed E-state index contributed by atoms with van der Waals surface area (Å²) in [6.07, 6.45) is 2.55. The van der Waals surface area contributed by atoms with Gasteiger partial charge in [0.2, 0.25) is 0 Å². The second-order valence-corrected chi connectivity index (χ2v) is 4.58. The quantitative estimate of drug-likeness (QED) is 0.623. The maximum atomic E-state index is 11.3. The molecule has 0 fully saturated rings. The third kappa shape index (κ3) is 2.68. The van der Waals surface area contributed by atoms with E-state index < -0.39 is 0 Å². The molecule has 0 atom stereocenters. The molecule has 0 saturated carbocycles. The summed E-state index contributed by atoms with van der Waals surface area (Å²) < 4.78 is 5.14. The summed E-state index contributed by atoms with van der Waals surface area (Å²) in [5.74, 6) is 0. The molecule has 0 bridgehead atoms. The Kier molecular flexibility index (Phi) is 4.43. The number of methoxy groups -OCH3 is 1. The smallest absolute Gasteiger partial charge is 0.191 e. The van der Waals surface area contributed by atoms with E-state index in [2.05, 4.69) is 6.58 Å². The van der Waals surface area contributed by atoms with Gasteiger partial charge in [-0.05, 0) is 41.0 Å². The zero-order valence-electron chi connectivity index (χ0n) is 11.1. The van der Waals surface area contributed by atoms with Crippen LogP contribution in [0.5, 0.6) is 0 Å². The Morgan fingerprint density at radius 2 is 1.95 bits per heavy atom. The van der Waals surface area contributed by atoms with Crippen molar-refractivity contribution in [2.75, 3.05) is 7.11 Å². The van der Waals surface area contributed by atoms with Crippen molar-refractivity contribution in [3.05, 3.63) is 65.7 Å². The summed E-state index contributed by atoms with van der Waals surface area (Å²) in [6.45, 7) is 3.71. The predicted molar refractivity (Wildman–Crippen MR) is 86.1 cm³/mol. The number of rotatable bonds is 4. The van der Waals surface area contributed by atoms with Crippen LogP contribution in [-0.4, -0.2) is 18.4 Å². The average molecular weight is 282 g/mol. The number of ether oxygens (including phenoxy) is 1. The molecule has 3 heteroatoms. The van der Waals surface area contributed by atoms with Gasteiger partial charge in [0.1, 0.15) is 0 Å². The number of aldehydes is 1. The summed E-state index contributed by atoms with van der Waals surface area (Å²) in [5, 5.41) is 0.408. The predicted octanol–water partition coefficient (Wildman–Crippen LogP) is 4.13. The first-order valence-corrected chi connectivity index (χ1v) is 6.51. The molecule has 0 spiro atoms. The van der Waals surface area contributed by atoms with Crippen LogP contribution in [0.25, 0.3) is 17.2 Å². The van der Waals surface area contributed by atoms with Crippen molar-refractivity contribution in [3.8, 4) is 11.1 Å². The fourth-order valence-electron chi connectivity index (χ4n) is 2.06. The molecule has 0 saturated heterocycles. The van der Waals surface area contributed by atoms with Gasteiger partial charge in [-0.2, -0.15) is 0 Å². The van der Waals surface area contributed by atoms with Crippen molar-refractivity contribution in [2.24, 2.45) is 0 Å². The lowest BCUT2D eigenvalue weighted by atomic mass is 9.94. The van der Waals surface area contributed by atoms with Crippen LogP contribution in [0.15, 0.2) is 49.0 Å². The van der Waals surface area contributed by atoms with Gasteiger partial charge >= 0.3 is 0 Å². The van der Waals surface area contributed by atoms with Crippen LogP contribution in [0, 0.1) is 0 Å². The van der Waals surface area contributed by atoms with Crippen LogP contribution in [-0.2, 0) is 4.74 Å². The molecule has 2 nitrogen and oxygen atoms in total. The van der Waals surface area contributed by atoms with E-state index in [4.69, 9.17) is 17.0 Å². The first-order chi connectivity index (χ1) is 9.71. The van der Waals surface area contributed by atoms with Crippen LogP contribution in [0.3, 0.4) is 0 Å². The zero-order chi connectivity index (χ0) is 14.5. The van der Waals surface area contributed by atoms with E-state index in [1.807, 2.05) is 42.5 Å². The van der Waals surface area contributed by atoms with Crippen LogP contribution < -0.4 is 0 Å². The van der Waals surface area contributed by atoms with Gasteiger partial charge in [-0.3, -0.25) is 4.79 Å². The average Bonchev–Trinajstić information content (AvgIpc) is 2.53. The largest absolute Gasteiger partial charge is 0.486 e. The molecule has 100 valence electrons. The Morgan fingerprint density at radius 3 is 2.60 bits per heavy atom. The van der Waals surface area contributed by atoms with E-state index in [1.165, 1.54) is 0 Å². The van der Waals surface area contributed by atoms with Crippen LogP contribution >= 0.6 is 12.2 Å². The molecule has 0 aliphatic rings. The highest BCUT2D eigenvalue weighted by Crippen LogP contribution is 2.28. The van der Waals surface area contributed by atoms with Gasteiger partial charge in [0.05, 0.1) is 7.11 Å². The third-order valence-corrected chi connectivity index (χ3v) is 3.45. The summed E-state index contributed by atoms with van der Waals surface area (Å²) in [7, 11) is 1.54. The standard InChI is InChI=1S/C17H14O2S/c1-3-12-8-9-14(13(10-12)11-18)15-6-4-5-7-16(15)17(20)19-2/h3-11H,1H2,2H3. The lowest BCUT2D eigenvalue weighted by Crippen LogP contribution is -2.03. The highest BCUT2D eigenvalue weighted by Gasteiger charge is 2.12. The molecule has 0 heterocycles. The fraction of sp³-hybridized carbons (Fsp3) is 0.0588.